The predicted molar refractivity (Wildman–Crippen MR) is 81.2 cm³/mol. The lowest BCUT2D eigenvalue weighted by Crippen LogP contribution is -2.12. The van der Waals surface area contributed by atoms with Crippen molar-refractivity contribution < 1.29 is 13.9 Å². The topological polar surface area (TPSA) is 38.3 Å². The lowest BCUT2D eigenvalue weighted by Gasteiger charge is -2.12. The molecule has 0 radical (unpaired) electrons. The molecule has 0 bridgehead atoms. The van der Waals surface area contributed by atoms with Gasteiger partial charge in [-0.05, 0) is 55.8 Å². The highest BCUT2D eigenvalue weighted by atomic mass is 19.1. The first-order valence-electron chi connectivity index (χ1n) is 6.92. The van der Waals surface area contributed by atoms with E-state index in [4.69, 9.17) is 4.74 Å². The molecule has 2 aromatic carbocycles. The second-order valence-electron chi connectivity index (χ2n) is 4.83. The van der Waals surface area contributed by atoms with E-state index in [1.807, 2.05) is 13.8 Å². The normalized spacial score (nSPS) is 11.8. The monoisotopic (exact) mass is 287 g/mol. The first kappa shape index (κ1) is 15.0. The van der Waals surface area contributed by atoms with E-state index < -0.39 is 0 Å². The largest absolute Gasteiger partial charge is 0.491 e. The van der Waals surface area contributed by atoms with Gasteiger partial charge in [0.25, 0.3) is 5.91 Å². The molecule has 4 heteroatoms. The van der Waals surface area contributed by atoms with Gasteiger partial charge >= 0.3 is 0 Å². The van der Waals surface area contributed by atoms with E-state index in [1.54, 1.807) is 36.4 Å². The molecule has 1 N–H and O–H groups in total. The molecular weight excluding hydrogens is 269 g/mol. The van der Waals surface area contributed by atoms with Gasteiger partial charge in [-0.15, -0.1) is 0 Å². The van der Waals surface area contributed by atoms with Crippen LogP contribution in [0.25, 0.3) is 0 Å². The Labute approximate surface area is 123 Å². The van der Waals surface area contributed by atoms with Gasteiger partial charge in [0.1, 0.15) is 11.6 Å². The van der Waals surface area contributed by atoms with Crippen molar-refractivity contribution in [2.24, 2.45) is 0 Å². The molecule has 1 atom stereocenters. The summed E-state index contributed by atoms with van der Waals surface area (Å²) in [7, 11) is 0. The molecule has 0 aliphatic carbocycles. The fraction of sp³-hybridized carbons (Fsp3) is 0.235. The van der Waals surface area contributed by atoms with Crippen molar-refractivity contribution in [3.05, 3.63) is 59.9 Å². The third-order valence-corrected chi connectivity index (χ3v) is 3.11. The molecule has 0 aromatic heterocycles. The van der Waals surface area contributed by atoms with Gasteiger partial charge in [0, 0.05) is 11.3 Å². The van der Waals surface area contributed by atoms with Crippen LogP contribution in [0.4, 0.5) is 10.1 Å². The average molecular weight is 287 g/mol. The van der Waals surface area contributed by atoms with Gasteiger partial charge in [0.2, 0.25) is 0 Å². The number of hydrogen-bond donors (Lipinski definition) is 1. The molecular formula is C17H18FNO2. The van der Waals surface area contributed by atoms with E-state index in [1.165, 1.54) is 12.1 Å². The minimum Gasteiger partial charge on any atom is -0.491 e. The van der Waals surface area contributed by atoms with E-state index in [0.717, 1.165) is 12.2 Å². The van der Waals surface area contributed by atoms with E-state index >= 15 is 0 Å². The zero-order valence-electron chi connectivity index (χ0n) is 12.1. The number of nitrogens with one attached hydrogen (secondary N) is 1. The van der Waals surface area contributed by atoms with Crippen molar-refractivity contribution >= 4 is 11.6 Å². The number of rotatable bonds is 5. The van der Waals surface area contributed by atoms with Crippen molar-refractivity contribution in [1.82, 2.24) is 0 Å². The summed E-state index contributed by atoms with van der Waals surface area (Å²) < 4.78 is 18.7. The van der Waals surface area contributed by atoms with Crippen LogP contribution in [-0.4, -0.2) is 12.0 Å². The Morgan fingerprint density at radius 2 is 1.95 bits per heavy atom. The fourth-order valence-corrected chi connectivity index (χ4v) is 1.77. The van der Waals surface area contributed by atoms with Gasteiger partial charge in [-0.25, -0.2) is 4.39 Å². The third kappa shape index (κ3) is 4.31. The molecule has 0 heterocycles. The summed E-state index contributed by atoms with van der Waals surface area (Å²) in [6, 6.07) is 12.7. The van der Waals surface area contributed by atoms with Gasteiger partial charge in [0.05, 0.1) is 6.10 Å². The standard InChI is InChI=1S/C17H18FNO2/c1-3-12(2)21-16-9-7-13(8-10-16)17(20)19-15-6-4-5-14(18)11-15/h4-12H,3H2,1-2H3,(H,19,20). The lowest BCUT2D eigenvalue weighted by molar-refractivity contribution is 0.102. The molecule has 0 aliphatic rings. The van der Waals surface area contributed by atoms with E-state index in [-0.39, 0.29) is 17.8 Å². The van der Waals surface area contributed by atoms with Crippen molar-refractivity contribution in [1.29, 1.82) is 0 Å². The van der Waals surface area contributed by atoms with Gasteiger partial charge in [0.15, 0.2) is 0 Å². The van der Waals surface area contributed by atoms with Crippen LogP contribution >= 0.6 is 0 Å². The van der Waals surface area contributed by atoms with Crippen LogP contribution in [0, 0.1) is 5.82 Å². The Kier molecular flexibility index (Phi) is 4.93. The highest BCUT2D eigenvalue weighted by Crippen LogP contribution is 2.16. The van der Waals surface area contributed by atoms with Crippen LogP contribution in [-0.2, 0) is 0 Å². The first-order valence-corrected chi connectivity index (χ1v) is 6.92. The molecule has 0 fully saturated rings. The summed E-state index contributed by atoms with van der Waals surface area (Å²) in [5, 5.41) is 2.65. The Balaban J connectivity index is 2.03. The van der Waals surface area contributed by atoms with Gasteiger partial charge in [-0.3, -0.25) is 4.79 Å². The van der Waals surface area contributed by atoms with Crippen molar-refractivity contribution in [2.45, 2.75) is 26.4 Å². The molecule has 2 aromatic rings. The zero-order valence-corrected chi connectivity index (χ0v) is 12.1. The quantitative estimate of drug-likeness (QED) is 0.892. The highest BCUT2D eigenvalue weighted by molar-refractivity contribution is 6.04. The van der Waals surface area contributed by atoms with Crippen LogP contribution in [0.2, 0.25) is 0 Å². The summed E-state index contributed by atoms with van der Waals surface area (Å²) in [5.41, 5.74) is 0.927. The summed E-state index contributed by atoms with van der Waals surface area (Å²) in [6.45, 7) is 4.04. The Hall–Kier alpha value is -2.36. The molecule has 0 saturated heterocycles. The van der Waals surface area contributed by atoms with Crippen LogP contribution < -0.4 is 10.1 Å². The Bertz CT molecular complexity index is 610. The maximum Gasteiger partial charge on any atom is 0.255 e. The Morgan fingerprint density at radius 1 is 1.24 bits per heavy atom. The number of halogens is 1. The molecule has 21 heavy (non-hydrogen) atoms. The lowest BCUT2D eigenvalue weighted by atomic mass is 10.2. The molecule has 0 saturated carbocycles. The third-order valence-electron chi connectivity index (χ3n) is 3.11. The second-order valence-corrected chi connectivity index (χ2v) is 4.83. The Morgan fingerprint density at radius 3 is 2.57 bits per heavy atom. The molecule has 2 rings (SSSR count). The van der Waals surface area contributed by atoms with Crippen LogP contribution in [0.1, 0.15) is 30.6 Å². The van der Waals surface area contributed by atoms with Gasteiger partial charge in [-0.1, -0.05) is 13.0 Å². The smallest absolute Gasteiger partial charge is 0.255 e. The second kappa shape index (κ2) is 6.88. The number of ether oxygens (including phenoxy) is 1. The molecule has 1 amide bonds. The number of carbonyl (C=O) groups excluding carboxylic acids is 1. The zero-order chi connectivity index (χ0) is 15.2. The summed E-state index contributed by atoms with van der Waals surface area (Å²) in [4.78, 5) is 12.0. The minimum atomic E-state index is -0.384. The van der Waals surface area contributed by atoms with E-state index in [0.29, 0.717) is 11.3 Å². The predicted octanol–water partition coefficient (Wildman–Crippen LogP) is 4.26. The average Bonchev–Trinajstić information content (AvgIpc) is 2.47. The van der Waals surface area contributed by atoms with E-state index in [9.17, 15) is 9.18 Å². The van der Waals surface area contributed by atoms with Crippen molar-refractivity contribution in [2.75, 3.05) is 5.32 Å². The summed E-state index contributed by atoms with van der Waals surface area (Å²) in [5.74, 6) is 0.0625. The van der Waals surface area contributed by atoms with Crippen LogP contribution in [0.3, 0.4) is 0 Å². The number of benzene rings is 2. The number of amides is 1. The molecule has 0 aliphatic heterocycles. The van der Waals surface area contributed by atoms with Gasteiger partial charge in [-0.2, -0.15) is 0 Å². The maximum absolute atomic E-state index is 13.1. The van der Waals surface area contributed by atoms with Crippen molar-refractivity contribution in [3.8, 4) is 5.75 Å². The summed E-state index contributed by atoms with van der Waals surface area (Å²) >= 11 is 0. The van der Waals surface area contributed by atoms with Gasteiger partial charge < -0.3 is 10.1 Å². The van der Waals surface area contributed by atoms with E-state index in [2.05, 4.69) is 5.32 Å². The number of carbonyl (C=O) groups is 1. The highest BCUT2D eigenvalue weighted by Gasteiger charge is 2.07. The summed E-state index contributed by atoms with van der Waals surface area (Å²) in [6.07, 6.45) is 1.05. The molecule has 0 spiro atoms. The number of anilines is 1. The minimum absolute atomic E-state index is 0.136. The molecule has 1 unspecified atom stereocenters. The first-order chi connectivity index (χ1) is 10.1. The SMILES string of the molecule is CCC(C)Oc1ccc(C(=O)Nc2cccc(F)c2)cc1. The molecule has 3 nitrogen and oxygen atoms in total. The molecule has 110 valence electrons. The van der Waals surface area contributed by atoms with Crippen molar-refractivity contribution in [3.63, 3.8) is 0 Å². The fourth-order valence-electron chi connectivity index (χ4n) is 1.77. The number of hydrogen-bond acceptors (Lipinski definition) is 2. The van der Waals surface area contributed by atoms with Crippen LogP contribution in [0.5, 0.6) is 5.75 Å². The maximum atomic E-state index is 13.1. The van der Waals surface area contributed by atoms with Crippen LogP contribution in [0.15, 0.2) is 48.5 Å².